The Bertz CT molecular complexity index is 648. The van der Waals surface area contributed by atoms with Gasteiger partial charge in [-0.2, -0.15) is 0 Å². The van der Waals surface area contributed by atoms with E-state index in [1.807, 2.05) is 17.9 Å². The Kier molecular flexibility index (Phi) is 3.07. The second kappa shape index (κ2) is 4.95. The lowest BCUT2D eigenvalue weighted by Gasteiger charge is -2.18. The monoisotopic (exact) mass is 282 g/mol. The van der Waals surface area contributed by atoms with Gasteiger partial charge in [-0.15, -0.1) is 5.10 Å². The molecule has 1 N–H and O–H groups in total. The Hall–Kier alpha value is -1.68. The van der Waals surface area contributed by atoms with E-state index in [2.05, 4.69) is 46.8 Å². The lowest BCUT2D eigenvalue weighted by Crippen LogP contribution is -2.26. The molecule has 2 aromatic rings. The van der Waals surface area contributed by atoms with Crippen LogP contribution in [0.5, 0.6) is 0 Å². The van der Waals surface area contributed by atoms with Gasteiger partial charge in [0.05, 0.1) is 17.9 Å². The van der Waals surface area contributed by atoms with Crippen LogP contribution in [0.25, 0.3) is 0 Å². The van der Waals surface area contributed by atoms with Crippen molar-refractivity contribution in [3.05, 3.63) is 47.3 Å². The summed E-state index contributed by atoms with van der Waals surface area (Å²) in [6.45, 7) is 3.16. The van der Waals surface area contributed by atoms with Crippen molar-refractivity contribution in [3.63, 3.8) is 0 Å². The lowest BCUT2D eigenvalue weighted by atomic mass is 9.92. The summed E-state index contributed by atoms with van der Waals surface area (Å²) in [5, 5.41) is 11.9. The van der Waals surface area contributed by atoms with Crippen LogP contribution in [-0.4, -0.2) is 21.5 Å². The molecule has 0 saturated heterocycles. The number of fused-ring (bicyclic) bond motifs is 3. The zero-order chi connectivity index (χ0) is 14.4. The van der Waals surface area contributed by atoms with Crippen LogP contribution >= 0.6 is 0 Å². The average molecular weight is 282 g/mol. The topological polar surface area (TPSA) is 42.7 Å². The fourth-order valence-corrected chi connectivity index (χ4v) is 4.31. The first-order chi connectivity index (χ1) is 10.3. The summed E-state index contributed by atoms with van der Waals surface area (Å²) < 4.78 is 1.92. The van der Waals surface area contributed by atoms with Crippen LogP contribution in [0.3, 0.4) is 0 Å². The van der Waals surface area contributed by atoms with Gasteiger partial charge in [-0.25, -0.2) is 0 Å². The van der Waals surface area contributed by atoms with Gasteiger partial charge in [0.2, 0.25) is 0 Å². The van der Waals surface area contributed by atoms with Gasteiger partial charge in [0, 0.05) is 7.05 Å². The van der Waals surface area contributed by atoms with E-state index in [1.165, 1.54) is 18.5 Å². The Morgan fingerprint density at radius 1 is 1.38 bits per heavy atom. The standard InChI is InChI=1S/C17H22N4/c1-3-18-17(14-10-19-20-21(14)2)16-13-9-8-11-6-4-5-7-12(11)15(13)16/h4-7,10,13,15-18H,3,8-9H2,1-2H3. The van der Waals surface area contributed by atoms with Gasteiger partial charge in [0.15, 0.2) is 0 Å². The number of rotatable bonds is 4. The van der Waals surface area contributed by atoms with Crippen LogP contribution in [0.1, 0.15) is 42.1 Å². The highest BCUT2D eigenvalue weighted by atomic mass is 15.4. The normalized spacial score (nSPS) is 27.8. The molecule has 0 spiro atoms. The molecular formula is C17H22N4. The molecule has 2 aliphatic carbocycles. The highest BCUT2D eigenvalue weighted by molar-refractivity contribution is 5.40. The van der Waals surface area contributed by atoms with Gasteiger partial charge in [0.1, 0.15) is 0 Å². The molecule has 110 valence electrons. The van der Waals surface area contributed by atoms with Crippen molar-refractivity contribution in [3.8, 4) is 0 Å². The molecular weight excluding hydrogens is 260 g/mol. The molecule has 1 aromatic heterocycles. The summed E-state index contributed by atoms with van der Waals surface area (Å²) in [5.74, 6) is 2.22. The second-order valence-electron chi connectivity index (χ2n) is 6.32. The molecule has 0 amide bonds. The molecule has 21 heavy (non-hydrogen) atoms. The minimum absolute atomic E-state index is 0.371. The Morgan fingerprint density at radius 3 is 3.00 bits per heavy atom. The molecule has 4 nitrogen and oxygen atoms in total. The lowest BCUT2D eigenvalue weighted by molar-refractivity contribution is 0.433. The largest absolute Gasteiger partial charge is 0.309 e. The number of hydrogen-bond acceptors (Lipinski definition) is 3. The van der Waals surface area contributed by atoms with Crippen molar-refractivity contribution in [2.24, 2.45) is 18.9 Å². The third-order valence-electron chi connectivity index (χ3n) is 5.27. The zero-order valence-corrected chi connectivity index (χ0v) is 12.7. The molecule has 4 heteroatoms. The van der Waals surface area contributed by atoms with Crippen molar-refractivity contribution in [1.82, 2.24) is 20.3 Å². The number of nitrogens with one attached hydrogen (secondary N) is 1. The van der Waals surface area contributed by atoms with Crippen LogP contribution in [0.15, 0.2) is 30.5 Å². The zero-order valence-electron chi connectivity index (χ0n) is 12.7. The van der Waals surface area contributed by atoms with Gasteiger partial charge in [-0.1, -0.05) is 36.4 Å². The van der Waals surface area contributed by atoms with E-state index in [-0.39, 0.29) is 0 Å². The third kappa shape index (κ3) is 2.01. The maximum atomic E-state index is 4.12. The molecule has 0 aliphatic heterocycles. The van der Waals surface area contributed by atoms with Crippen LogP contribution in [0.4, 0.5) is 0 Å². The molecule has 1 heterocycles. The average Bonchev–Trinajstić information content (AvgIpc) is 3.10. The van der Waals surface area contributed by atoms with Crippen molar-refractivity contribution >= 4 is 0 Å². The molecule has 1 aromatic carbocycles. The predicted molar refractivity (Wildman–Crippen MR) is 81.9 cm³/mol. The molecule has 0 radical (unpaired) electrons. The number of aryl methyl sites for hydroxylation is 2. The maximum absolute atomic E-state index is 4.12. The van der Waals surface area contributed by atoms with Crippen LogP contribution in [-0.2, 0) is 13.5 Å². The van der Waals surface area contributed by atoms with Gasteiger partial charge in [-0.3, -0.25) is 4.68 Å². The van der Waals surface area contributed by atoms with Crippen LogP contribution in [0, 0.1) is 11.8 Å². The molecule has 2 aliphatic rings. The second-order valence-corrected chi connectivity index (χ2v) is 6.32. The van der Waals surface area contributed by atoms with Crippen molar-refractivity contribution < 1.29 is 0 Å². The Labute approximate surface area is 125 Å². The summed E-state index contributed by atoms with van der Waals surface area (Å²) in [5.41, 5.74) is 4.35. The van der Waals surface area contributed by atoms with Gasteiger partial charge in [-0.05, 0) is 48.3 Å². The van der Waals surface area contributed by atoms with Gasteiger partial charge < -0.3 is 5.32 Å². The quantitative estimate of drug-likeness (QED) is 0.936. The highest BCUT2D eigenvalue weighted by Crippen LogP contribution is 2.64. The van der Waals surface area contributed by atoms with Crippen LogP contribution < -0.4 is 5.32 Å². The predicted octanol–water partition coefficient (Wildman–Crippen LogP) is 2.44. The van der Waals surface area contributed by atoms with Crippen LogP contribution in [0.2, 0.25) is 0 Å². The molecule has 0 bridgehead atoms. The van der Waals surface area contributed by atoms with E-state index < -0.39 is 0 Å². The number of nitrogens with zero attached hydrogens (tertiary/aromatic N) is 3. The summed E-state index contributed by atoms with van der Waals surface area (Å²) in [7, 11) is 1.99. The van der Waals surface area contributed by atoms with E-state index in [9.17, 15) is 0 Å². The van der Waals surface area contributed by atoms with E-state index in [1.54, 1.807) is 11.1 Å². The minimum Gasteiger partial charge on any atom is -0.309 e. The fraction of sp³-hybridized carbons (Fsp3) is 0.529. The maximum Gasteiger partial charge on any atom is 0.0756 e. The van der Waals surface area contributed by atoms with Gasteiger partial charge in [0.25, 0.3) is 0 Å². The smallest absolute Gasteiger partial charge is 0.0756 e. The van der Waals surface area contributed by atoms with E-state index in [0.29, 0.717) is 17.9 Å². The van der Waals surface area contributed by atoms with E-state index in [0.717, 1.165) is 12.5 Å². The van der Waals surface area contributed by atoms with E-state index in [4.69, 9.17) is 0 Å². The van der Waals surface area contributed by atoms with Crippen molar-refractivity contribution in [2.45, 2.75) is 31.7 Å². The number of hydrogen-bond donors (Lipinski definition) is 1. The first-order valence-electron chi connectivity index (χ1n) is 7.97. The summed E-state index contributed by atoms with van der Waals surface area (Å²) in [4.78, 5) is 0. The first kappa shape index (κ1) is 13.0. The Morgan fingerprint density at radius 2 is 2.24 bits per heavy atom. The highest BCUT2D eigenvalue weighted by Gasteiger charge is 2.56. The summed E-state index contributed by atoms with van der Waals surface area (Å²) >= 11 is 0. The van der Waals surface area contributed by atoms with Gasteiger partial charge >= 0.3 is 0 Å². The summed E-state index contributed by atoms with van der Waals surface area (Å²) in [6.07, 6.45) is 4.47. The number of benzene rings is 1. The number of aromatic nitrogens is 3. The Balaban J connectivity index is 1.67. The van der Waals surface area contributed by atoms with Crippen molar-refractivity contribution in [1.29, 1.82) is 0 Å². The SMILES string of the molecule is CCNC(c1cnnn1C)C1C2CCc3ccccc3C21. The molecule has 4 unspecified atom stereocenters. The fourth-order valence-electron chi connectivity index (χ4n) is 4.31. The first-order valence-corrected chi connectivity index (χ1v) is 7.97. The minimum atomic E-state index is 0.371. The van der Waals surface area contributed by atoms with Crippen molar-refractivity contribution in [2.75, 3.05) is 6.54 Å². The molecule has 1 saturated carbocycles. The molecule has 4 atom stereocenters. The van der Waals surface area contributed by atoms with E-state index >= 15 is 0 Å². The molecule has 1 fully saturated rings. The third-order valence-corrected chi connectivity index (χ3v) is 5.27. The summed E-state index contributed by atoms with van der Waals surface area (Å²) in [6, 6.07) is 9.36. The molecule has 4 rings (SSSR count).